The van der Waals surface area contributed by atoms with E-state index in [0.717, 1.165) is 27.4 Å². The van der Waals surface area contributed by atoms with Crippen LogP contribution in [0.3, 0.4) is 0 Å². The Balaban J connectivity index is 1.41. The van der Waals surface area contributed by atoms with Gasteiger partial charge in [-0.2, -0.15) is 0 Å². The summed E-state index contributed by atoms with van der Waals surface area (Å²) in [6.07, 6.45) is 4.18. The molecule has 0 saturated heterocycles. The molecule has 5 nitrogen and oxygen atoms in total. The van der Waals surface area contributed by atoms with Crippen molar-refractivity contribution in [2.75, 3.05) is 11.1 Å². The Labute approximate surface area is 156 Å². The van der Waals surface area contributed by atoms with Gasteiger partial charge in [0.15, 0.2) is 5.16 Å². The Morgan fingerprint density at radius 3 is 2.81 bits per heavy atom. The summed E-state index contributed by atoms with van der Waals surface area (Å²) in [6, 6.07) is 14.0. The van der Waals surface area contributed by atoms with E-state index in [9.17, 15) is 4.79 Å². The van der Waals surface area contributed by atoms with Crippen molar-refractivity contribution in [3.63, 3.8) is 0 Å². The number of amides is 1. The largest absolute Gasteiger partial charge is 0.325 e. The molecule has 6 heteroatoms. The molecule has 1 fully saturated rings. The van der Waals surface area contributed by atoms with Gasteiger partial charge in [0.2, 0.25) is 5.91 Å². The Morgan fingerprint density at radius 1 is 1.23 bits per heavy atom. The van der Waals surface area contributed by atoms with E-state index in [1.807, 2.05) is 42.5 Å². The number of thioether (sulfide) groups is 1. The third-order valence-electron chi connectivity index (χ3n) is 4.37. The highest BCUT2D eigenvalue weighted by Gasteiger charge is 2.30. The summed E-state index contributed by atoms with van der Waals surface area (Å²) in [5.74, 6) is 1.78. The molecule has 1 N–H and O–H groups in total. The molecule has 2 aromatic carbocycles. The third kappa shape index (κ3) is 3.65. The smallest absolute Gasteiger partial charge is 0.234 e. The van der Waals surface area contributed by atoms with Crippen LogP contribution in [-0.2, 0) is 11.3 Å². The second kappa shape index (κ2) is 7.33. The van der Waals surface area contributed by atoms with E-state index in [2.05, 4.69) is 32.7 Å². The van der Waals surface area contributed by atoms with Crippen LogP contribution in [0.4, 0.5) is 5.69 Å². The molecule has 1 aromatic heterocycles. The van der Waals surface area contributed by atoms with Gasteiger partial charge in [0, 0.05) is 18.2 Å². The molecule has 1 aliphatic carbocycles. The summed E-state index contributed by atoms with van der Waals surface area (Å²) in [7, 11) is 0. The number of rotatable bonds is 7. The summed E-state index contributed by atoms with van der Waals surface area (Å²) in [5, 5.41) is 14.6. The lowest BCUT2D eigenvalue weighted by molar-refractivity contribution is -0.113. The summed E-state index contributed by atoms with van der Waals surface area (Å²) in [4.78, 5) is 12.3. The first kappa shape index (κ1) is 16.8. The number of fused-ring (bicyclic) bond motifs is 1. The molecule has 0 unspecified atom stereocenters. The number of carbonyl (C=O) groups excluding carboxylic acids is 1. The normalized spacial score (nSPS) is 13.7. The Bertz CT molecular complexity index is 961. The zero-order valence-electron chi connectivity index (χ0n) is 14.4. The molecule has 26 heavy (non-hydrogen) atoms. The van der Waals surface area contributed by atoms with Gasteiger partial charge in [-0.15, -0.1) is 16.8 Å². The first-order valence-electron chi connectivity index (χ1n) is 8.70. The van der Waals surface area contributed by atoms with Crippen LogP contribution in [0.15, 0.2) is 60.3 Å². The number of benzene rings is 2. The van der Waals surface area contributed by atoms with Crippen LogP contribution in [0.1, 0.15) is 24.6 Å². The topological polar surface area (TPSA) is 59.8 Å². The van der Waals surface area contributed by atoms with Crippen LogP contribution >= 0.6 is 11.8 Å². The first-order chi connectivity index (χ1) is 12.7. The van der Waals surface area contributed by atoms with Gasteiger partial charge < -0.3 is 9.88 Å². The molecular formula is C20H20N4OS. The molecule has 0 bridgehead atoms. The summed E-state index contributed by atoms with van der Waals surface area (Å²) in [6.45, 7) is 4.48. The molecule has 3 aromatic rings. The van der Waals surface area contributed by atoms with E-state index >= 15 is 0 Å². The van der Waals surface area contributed by atoms with Crippen molar-refractivity contribution in [1.29, 1.82) is 0 Å². The lowest BCUT2D eigenvalue weighted by Gasteiger charge is -2.08. The van der Waals surface area contributed by atoms with E-state index in [1.54, 1.807) is 0 Å². The predicted molar refractivity (Wildman–Crippen MR) is 105 cm³/mol. The molecule has 0 radical (unpaired) electrons. The third-order valence-corrected chi connectivity index (χ3v) is 5.33. The van der Waals surface area contributed by atoms with Gasteiger partial charge >= 0.3 is 0 Å². The van der Waals surface area contributed by atoms with E-state index < -0.39 is 0 Å². The van der Waals surface area contributed by atoms with Gasteiger partial charge in [-0.3, -0.25) is 4.79 Å². The number of aromatic nitrogens is 3. The number of carbonyl (C=O) groups is 1. The van der Waals surface area contributed by atoms with Gasteiger partial charge in [0.25, 0.3) is 0 Å². The number of anilines is 1. The SMILES string of the molecule is C=CCn1c(SCC(=O)Nc2ccc3ccccc3c2)nnc1C1CC1. The maximum atomic E-state index is 12.3. The Kier molecular flexibility index (Phi) is 4.75. The molecule has 1 aliphatic rings. The molecule has 0 aliphatic heterocycles. The number of hydrogen-bond donors (Lipinski definition) is 1. The zero-order valence-corrected chi connectivity index (χ0v) is 15.2. The number of allylic oxidation sites excluding steroid dienone is 1. The average molecular weight is 364 g/mol. The minimum atomic E-state index is -0.0496. The maximum Gasteiger partial charge on any atom is 0.234 e. The quantitative estimate of drug-likeness (QED) is 0.503. The highest BCUT2D eigenvalue weighted by atomic mass is 32.2. The number of nitrogens with one attached hydrogen (secondary N) is 1. The average Bonchev–Trinajstić information content (AvgIpc) is 3.42. The summed E-state index contributed by atoms with van der Waals surface area (Å²) >= 11 is 1.41. The van der Waals surface area contributed by atoms with Gasteiger partial charge in [0.05, 0.1) is 5.75 Å². The van der Waals surface area contributed by atoms with E-state index in [1.165, 1.54) is 24.6 Å². The summed E-state index contributed by atoms with van der Waals surface area (Å²) in [5.41, 5.74) is 0.806. The lowest BCUT2D eigenvalue weighted by Crippen LogP contribution is -2.14. The zero-order chi connectivity index (χ0) is 17.9. The molecule has 1 amide bonds. The Morgan fingerprint density at radius 2 is 2.04 bits per heavy atom. The highest BCUT2D eigenvalue weighted by molar-refractivity contribution is 7.99. The van der Waals surface area contributed by atoms with Crippen molar-refractivity contribution in [3.05, 3.63) is 60.9 Å². The minimum Gasteiger partial charge on any atom is -0.325 e. The molecule has 1 heterocycles. The van der Waals surface area contributed by atoms with Gasteiger partial charge in [-0.05, 0) is 35.7 Å². The van der Waals surface area contributed by atoms with E-state index in [0.29, 0.717) is 18.2 Å². The van der Waals surface area contributed by atoms with E-state index in [-0.39, 0.29) is 5.91 Å². The van der Waals surface area contributed by atoms with Crippen LogP contribution in [0.5, 0.6) is 0 Å². The van der Waals surface area contributed by atoms with Crippen molar-refractivity contribution in [3.8, 4) is 0 Å². The molecular weight excluding hydrogens is 344 g/mol. The predicted octanol–water partition coefficient (Wildman–Crippen LogP) is 4.23. The summed E-state index contributed by atoms with van der Waals surface area (Å²) < 4.78 is 2.07. The molecule has 1 saturated carbocycles. The van der Waals surface area contributed by atoms with Crippen molar-refractivity contribution >= 4 is 34.1 Å². The van der Waals surface area contributed by atoms with Crippen LogP contribution in [0, 0.1) is 0 Å². The van der Waals surface area contributed by atoms with Crippen LogP contribution in [0.25, 0.3) is 10.8 Å². The van der Waals surface area contributed by atoms with Crippen molar-refractivity contribution in [2.45, 2.75) is 30.5 Å². The second-order valence-corrected chi connectivity index (χ2v) is 7.36. The van der Waals surface area contributed by atoms with Crippen LogP contribution < -0.4 is 5.32 Å². The second-order valence-electron chi connectivity index (χ2n) is 6.41. The van der Waals surface area contributed by atoms with Crippen LogP contribution in [0.2, 0.25) is 0 Å². The number of nitrogens with zero attached hydrogens (tertiary/aromatic N) is 3. The number of hydrogen-bond acceptors (Lipinski definition) is 4. The molecule has 0 atom stereocenters. The lowest BCUT2D eigenvalue weighted by atomic mass is 10.1. The monoisotopic (exact) mass is 364 g/mol. The van der Waals surface area contributed by atoms with Crippen molar-refractivity contribution < 1.29 is 4.79 Å². The van der Waals surface area contributed by atoms with E-state index in [4.69, 9.17) is 0 Å². The van der Waals surface area contributed by atoms with Gasteiger partial charge in [-0.1, -0.05) is 48.2 Å². The fourth-order valence-electron chi connectivity index (χ4n) is 2.95. The maximum absolute atomic E-state index is 12.3. The molecule has 4 rings (SSSR count). The van der Waals surface area contributed by atoms with Gasteiger partial charge in [0.1, 0.15) is 5.82 Å². The first-order valence-corrected chi connectivity index (χ1v) is 9.68. The fourth-order valence-corrected chi connectivity index (χ4v) is 3.70. The standard InChI is InChI=1S/C20H20N4OS/c1-2-11-24-19(15-7-8-15)22-23-20(24)26-13-18(25)21-17-10-9-14-5-3-4-6-16(14)12-17/h2-6,9-10,12,15H,1,7-8,11,13H2,(H,21,25). The molecule has 132 valence electrons. The van der Waals surface area contributed by atoms with Crippen LogP contribution in [-0.4, -0.2) is 26.4 Å². The van der Waals surface area contributed by atoms with Crippen molar-refractivity contribution in [2.24, 2.45) is 0 Å². The molecule has 0 spiro atoms. The Hall–Kier alpha value is -2.60. The van der Waals surface area contributed by atoms with Gasteiger partial charge in [-0.25, -0.2) is 0 Å². The van der Waals surface area contributed by atoms with Crippen molar-refractivity contribution in [1.82, 2.24) is 14.8 Å². The fraction of sp³-hybridized carbons (Fsp3) is 0.250. The highest BCUT2D eigenvalue weighted by Crippen LogP contribution is 2.40. The minimum absolute atomic E-state index is 0.0496.